The van der Waals surface area contributed by atoms with Crippen LogP contribution in [0.5, 0.6) is 0 Å². The Kier molecular flexibility index (Phi) is 7.32. The molecule has 2 rings (SSSR count). The Morgan fingerprint density at radius 3 is 2.35 bits per heavy atom. The zero-order valence-corrected chi connectivity index (χ0v) is 14.2. The van der Waals surface area contributed by atoms with Crippen LogP contribution in [0.2, 0.25) is 0 Å². The summed E-state index contributed by atoms with van der Waals surface area (Å²) >= 11 is 0. The monoisotopic (exact) mass is 340 g/mol. The second-order valence-corrected chi connectivity index (χ2v) is 5.74. The van der Waals surface area contributed by atoms with Crippen LogP contribution in [0, 0.1) is 0 Å². The van der Waals surface area contributed by atoms with E-state index in [9.17, 15) is 9.59 Å². The molecule has 6 nitrogen and oxygen atoms in total. The molecule has 0 radical (unpaired) electrons. The number of nitrogens with two attached hydrogens (primary N) is 1. The lowest BCUT2D eigenvalue weighted by Gasteiger charge is -2.31. The Morgan fingerprint density at radius 2 is 1.74 bits per heavy atom. The van der Waals surface area contributed by atoms with Gasteiger partial charge in [-0.1, -0.05) is 25.3 Å². The van der Waals surface area contributed by atoms with Gasteiger partial charge < -0.3 is 21.7 Å². The minimum absolute atomic E-state index is 0. The van der Waals surface area contributed by atoms with E-state index in [1.165, 1.54) is 0 Å². The summed E-state index contributed by atoms with van der Waals surface area (Å²) in [6.45, 7) is 2.40. The van der Waals surface area contributed by atoms with Gasteiger partial charge in [0.25, 0.3) is 0 Å². The van der Waals surface area contributed by atoms with Gasteiger partial charge in [0.1, 0.15) is 0 Å². The minimum Gasteiger partial charge on any atom is -0.338 e. The highest BCUT2D eigenvalue weighted by Gasteiger charge is 2.35. The molecule has 0 bridgehead atoms. The summed E-state index contributed by atoms with van der Waals surface area (Å²) < 4.78 is 0. The van der Waals surface area contributed by atoms with Crippen LogP contribution in [-0.2, 0) is 4.79 Å². The highest BCUT2D eigenvalue weighted by molar-refractivity contribution is 5.99. The minimum atomic E-state index is -0.777. The van der Waals surface area contributed by atoms with Gasteiger partial charge in [0, 0.05) is 17.9 Å². The lowest BCUT2D eigenvalue weighted by Crippen LogP contribution is -2.52. The Hall–Kier alpha value is -1.79. The molecule has 5 N–H and O–H groups in total. The van der Waals surface area contributed by atoms with Gasteiger partial charge in [-0.15, -0.1) is 12.4 Å². The van der Waals surface area contributed by atoms with Crippen LogP contribution < -0.4 is 21.7 Å². The van der Waals surface area contributed by atoms with Crippen LogP contribution in [0.25, 0.3) is 0 Å². The summed E-state index contributed by atoms with van der Waals surface area (Å²) in [7, 11) is 0. The summed E-state index contributed by atoms with van der Waals surface area (Å²) in [6, 6.07) is 6.78. The second kappa shape index (κ2) is 8.74. The number of halogens is 1. The summed E-state index contributed by atoms with van der Waals surface area (Å²) in [5.74, 6) is -0.151. The van der Waals surface area contributed by atoms with Crippen LogP contribution in [0.4, 0.5) is 16.2 Å². The Bertz CT molecular complexity index is 545. The average Bonchev–Trinajstić information content (AvgIpc) is 2.48. The Labute approximate surface area is 143 Å². The van der Waals surface area contributed by atoms with Crippen molar-refractivity contribution in [1.82, 2.24) is 5.32 Å². The first-order valence-corrected chi connectivity index (χ1v) is 7.79. The predicted molar refractivity (Wildman–Crippen MR) is 95.0 cm³/mol. The van der Waals surface area contributed by atoms with E-state index < -0.39 is 5.54 Å². The van der Waals surface area contributed by atoms with Crippen molar-refractivity contribution in [3.8, 4) is 0 Å². The van der Waals surface area contributed by atoms with Crippen LogP contribution in [0.15, 0.2) is 24.3 Å². The number of amides is 3. The van der Waals surface area contributed by atoms with Crippen molar-refractivity contribution in [2.45, 2.75) is 44.6 Å². The molecule has 128 valence electrons. The first-order chi connectivity index (χ1) is 10.5. The van der Waals surface area contributed by atoms with E-state index in [1.54, 1.807) is 24.3 Å². The molecule has 0 aromatic heterocycles. The second-order valence-electron chi connectivity index (χ2n) is 5.74. The largest absolute Gasteiger partial charge is 0.338 e. The van der Waals surface area contributed by atoms with E-state index in [0.29, 0.717) is 17.9 Å². The smallest absolute Gasteiger partial charge is 0.319 e. The fraction of sp³-hybridized carbons (Fsp3) is 0.500. The number of benzene rings is 1. The van der Waals surface area contributed by atoms with Gasteiger partial charge in [0.15, 0.2) is 0 Å². The van der Waals surface area contributed by atoms with E-state index in [1.807, 2.05) is 6.92 Å². The van der Waals surface area contributed by atoms with E-state index in [-0.39, 0.29) is 24.3 Å². The van der Waals surface area contributed by atoms with Gasteiger partial charge in [-0.2, -0.15) is 0 Å². The number of rotatable bonds is 4. The van der Waals surface area contributed by atoms with Crippen molar-refractivity contribution in [3.63, 3.8) is 0 Å². The first-order valence-electron chi connectivity index (χ1n) is 7.79. The molecule has 1 aromatic carbocycles. The lowest BCUT2D eigenvalue weighted by molar-refractivity contribution is -0.122. The molecular weight excluding hydrogens is 316 g/mol. The van der Waals surface area contributed by atoms with Crippen LogP contribution >= 0.6 is 12.4 Å². The zero-order chi connectivity index (χ0) is 16.0. The Balaban J connectivity index is 0.00000264. The van der Waals surface area contributed by atoms with E-state index in [0.717, 1.165) is 32.1 Å². The zero-order valence-electron chi connectivity index (χ0n) is 13.4. The average molecular weight is 341 g/mol. The van der Waals surface area contributed by atoms with Crippen molar-refractivity contribution < 1.29 is 9.59 Å². The summed E-state index contributed by atoms with van der Waals surface area (Å²) in [5.41, 5.74) is 6.70. The third kappa shape index (κ3) is 5.41. The van der Waals surface area contributed by atoms with Crippen molar-refractivity contribution in [3.05, 3.63) is 24.3 Å². The molecule has 23 heavy (non-hydrogen) atoms. The van der Waals surface area contributed by atoms with Crippen molar-refractivity contribution in [1.29, 1.82) is 0 Å². The molecular formula is C16H25ClN4O2. The summed E-state index contributed by atoms with van der Waals surface area (Å²) in [4.78, 5) is 23.9. The molecule has 1 aliphatic carbocycles. The topological polar surface area (TPSA) is 96.2 Å². The third-order valence-electron chi connectivity index (χ3n) is 3.91. The predicted octanol–water partition coefficient (Wildman–Crippen LogP) is 2.85. The number of carbonyl (C=O) groups excluding carboxylic acids is 2. The SMILES string of the molecule is CCNC(=O)Nc1cccc(NC(=O)C2(N)CCCCC2)c1.Cl. The molecule has 0 atom stereocenters. The lowest BCUT2D eigenvalue weighted by atomic mass is 9.82. The van der Waals surface area contributed by atoms with Gasteiger partial charge in [0.2, 0.25) is 5.91 Å². The van der Waals surface area contributed by atoms with Crippen LogP contribution in [0.3, 0.4) is 0 Å². The highest BCUT2D eigenvalue weighted by Crippen LogP contribution is 2.27. The summed E-state index contributed by atoms with van der Waals surface area (Å²) in [6.07, 6.45) is 4.55. The van der Waals surface area contributed by atoms with Gasteiger partial charge in [-0.3, -0.25) is 4.79 Å². The first kappa shape index (κ1) is 19.3. The van der Waals surface area contributed by atoms with Crippen LogP contribution in [0.1, 0.15) is 39.0 Å². The molecule has 0 spiro atoms. The van der Waals surface area contributed by atoms with Gasteiger partial charge in [0.05, 0.1) is 5.54 Å². The van der Waals surface area contributed by atoms with Gasteiger partial charge in [-0.05, 0) is 38.0 Å². The summed E-state index contributed by atoms with van der Waals surface area (Å²) in [5, 5.41) is 8.23. The van der Waals surface area contributed by atoms with Gasteiger partial charge in [-0.25, -0.2) is 4.79 Å². The number of hydrogen-bond donors (Lipinski definition) is 4. The number of carbonyl (C=O) groups is 2. The Morgan fingerprint density at radius 1 is 1.13 bits per heavy atom. The van der Waals surface area contributed by atoms with Crippen molar-refractivity contribution in [2.75, 3.05) is 17.2 Å². The van der Waals surface area contributed by atoms with E-state index >= 15 is 0 Å². The van der Waals surface area contributed by atoms with E-state index in [4.69, 9.17) is 5.73 Å². The van der Waals surface area contributed by atoms with Crippen molar-refractivity contribution in [2.24, 2.45) is 5.73 Å². The number of hydrogen-bond acceptors (Lipinski definition) is 3. The quantitative estimate of drug-likeness (QED) is 0.678. The molecule has 0 aliphatic heterocycles. The molecule has 1 aromatic rings. The molecule has 1 aliphatic rings. The van der Waals surface area contributed by atoms with E-state index in [2.05, 4.69) is 16.0 Å². The normalized spacial score (nSPS) is 15.9. The maximum atomic E-state index is 12.4. The molecule has 0 unspecified atom stereocenters. The maximum Gasteiger partial charge on any atom is 0.319 e. The standard InChI is InChI=1S/C16H24N4O2.ClH/c1-2-18-15(22)20-13-8-6-7-12(11-13)19-14(21)16(17)9-4-3-5-10-16;/h6-8,11H,2-5,9-10,17H2,1H3,(H,19,21)(H2,18,20,22);1H. The number of anilines is 2. The molecule has 0 heterocycles. The molecule has 0 saturated heterocycles. The van der Waals surface area contributed by atoms with Crippen molar-refractivity contribution >= 4 is 35.7 Å². The third-order valence-corrected chi connectivity index (χ3v) is 3.91. The molecule has 1 saturated carbocycles. The molecule has 3 amide bonds. The maximum absolute atomic E-state index is 12.4. The molecule has 7 heteroatoms. The van der Waals surface area contributed by atoms with Gasteiger partial charge >= 0.3 is 6.03 Å². The fourth-order valence-electron chi connectivity index (χ4n) is 2.68. The fourth-order valence-corrected chi connectivity index (χ4v) is 2.68. The highest BCUT2D eigenvalue weighted by atomic mass is 35.5. The molecule has 1 fully saturated rings. The number of nitrogens with one attached hydrogen (secondary N) is 3. The number of urea groups is 1. The van der Waals surface area contributed by atoms with Crippen LogP contribution in [-0.4, -0.2) is 24.0 Å².